The van der Waals surface area contributed by atoms with E-state index in [0.29, 0.717) is 12.0 Å². The highest BCUT2D eigenvalue weighted by molar-refractivity contribution is 5.97. The van der Waals surface area contributed by atoms with Crippen LogP contribution in [0, 0.1) is 11.6 Å². The van der Waals surface area contributed by atoms with Crippen molar-refractivity contribution in [3.8, 4) is 0 Å². The lowest BCUT2D eigenvalue weighted by molar-refractivity contribution is 0.0927. The smallest absolute Gasteiger partial charge is 0.251 e. The van der Waals surface area contributed by atoms with E-state index in [0.717, 1.165) is 12.1 Å². The van der Waals surface area contributed by atoms with Crippen LogP contribution in [0.1, 0.15) is 22.8 Å². The van der Waals surface area contributed by atoms with Crippen molar-refractivity contribution < 1.29 is 13.6 Å². The number of rotatable bonds is 0. The molecular formula is C10H9F2NO. The lowest BCUT2D eigenvalue weighted by Crippen LogP contribution is -2.39. The zero-order valence-corrected chi connectivity index (χ0v) is 7.60. The lowest BCUT2D eigenvalue weighted by atomic mass is 9.95. The van der Waals surface area contributed by atoms with Crippen molar-refractivity contribution in [3.63, 3.8) is 0 Å². The van der Waals surface area contributed by atoms with E-state index in [1.54, 1.807) is 6.92 Å². The number of hydrogen-bond acceptors (Lipinski definition) is 1. The Morgan fingerprint density at radius 3 is 2.86 bits per heavy atom. The van der Waals surface area contributed by atoms with Crippen molar-refractivity contribution in [2.45, 2.75) is 19.4 Å². The first-order valence-electron chi connectivity index (χ1n) is 4.36. The second kappa shape index (κ2) is 3.04. The molecule has 0 radical (unpaired) electrons. The Balaban J connectivity index is 2.59. The van der Waals surface area contributed by atoms with Crippen molar-refractivity contribution >= 4 is 5.91 Å². The molecule has 0 fully saturated rings. The number of carbonyl (C=O) groups is 1. The van der Waals surface area contributed by atoms with E-state index >= 15 is 0 Å². The molecule has 1 amide bonds. The van der Waals surface area contributed by atoms with Gasteiger partial charge in [-0.05, 0) is 19.4 Å². The molecule has 1 atom stereocenters. The predicted molar refractivity (Wildman–Crippen MR) is 47.0 cm³/mol. The zero-order valence-electron chi connectivity index (χ0n) is 7.60. The van der Waals surface area contributed by atoms with E-state index in [2.05, 4.69) is 5.32 Å². The topological polar surface area (TPSA) is 29.1 Å². The molecule has 0 spiro atoms. The van der Waals surface area contributed by atoms with Crippen LogP contribution in [0.15, 0.2) is 12.1 Å². The average molecular weight is 197 g/mol. The summed E-state index contributed by atoms with van der Waals surface area (Å²) in [7, 11) is 0. The Kier molecular flexibility index (Phi) is 1.98. The van der Waals surface area contributed by atoms with Crippen molar-refractivity contribution in [2.24, 2.45) is 0 Å². The van der Waals surface area contributed by atoms with Gasteiger partial charge >= 0.3 is 0 Å². The average Bonchev–Trinajstić information content (AvgIpc) is 2.07. The van der Waals surface area contributed by atoms with Crippen LogP contribution in [0.3, 0.4) is 0 Å². The number of hydrogen-bond donors (Lipinski definition) is 1. The molecule has 0 aromatic heterocycles. The molecule has 74 valence electrons. The fraction of sp³-hybridized carbons (Fsp3) is 0.300. The van der Waals surface area contributed by atoms with Crippen LogP contribution in [-0.2, 0) is 6.42 Å². The summed E-state index contributed by atoms with van der Waals surface area (Å²) in [6.07, 6.45) is 0.410. The van der Waals surface area contributed by atoms with Gasteiger partial charge in [0, 0.05) is 23.2 Å². The van der Waals surface area contributed by atoms with E-state index in [-0.39, 0.29) is 11.6 Å². The van der Waals surface area contributed by atoms with Crippen LogP contribution in [0.5, 0.6) is 0 Å². The summed E-state index contributed by atoms with van der Waals surface area (Å²) in [5.74, 6) is -1.76. The van der Waals surface area contributed by atoms with E-state index in [1.165, 1.54) is 0 Å². The molecule has 1 aliphatic heterocycles. The third kappa shape index (κ3) is 1.36. The van der Waals surface area contributed by atoms with Gasteiger partial charge in [0.25, 0.3) is 5.91 Å². The van der Waals surface area contributed by atoms with Gasteiger partial charge in [0.2, 0.25) is 0 Å². The first-order chi connectivity index (χ1) is 6.58. The number of fused-ring (bicyclic) bond motifs is 1. The summed E-state index contributed by atoms with van der Waals surface area (Å²) in [5, 5.41) is 2.62. The molecule has 1 aliphatic rings. The number of nitrogens with one attached hydrogen (secondary N) is 1. The second-order valence-corrected chi connectivity index (χ2v) is 3.49. The van der Waals surface area contributed by atoms with Crippen molar-refractivity contribution in [3.05, 3.63) is 34.9 Å². The monoisotopic (exact) mass is 197 g/mol. The van der Waals surface area contributed by atoms with E-state index in [1.807, 2.05) is 0 Å². The largest absolute Gasteiger partial charge is 0.349 e. The van der Waals surface area contributed by atoms with E-state index < -0.39 is 17.5 Å². The van der Waals surface area contributed by atoms with Gasteiger partial charge in [0.05, 0.1) is 0 Å². The van der Waals surface area contributed by atoms with Crippen LogP contribution < -0.4 is 5.32 Å². The normalized spacial score (nSPS) is 20.2. The molecule has 1 N–H and O–H groups in total. The molecule has 2 rings (SSSR count). The highest BCUT2D eigenvalue weighted by atomic mass is 19.1. The molecule has 14 heavy (non-hydrogen) atoms. The Morgan fingerprint density at radius 2 is 2.14 bits per heavy atom. The maximum atomic E-state index is 13.3. The predicted octanol–water partition coefficient (Wildman–Crippen LogP) is 1.64. The molecule has 4 heteroatoms. The van der Waals surface area contributed by atoms with Gasteiger partial charge in [-0.2, -0.15) is 0 Å². The van der Waals surface area contributed by atoms with Crippen LogP contribution in [0.4, 0.5) is 8.78 Å². The summed E-state index contributed by atoms with van der Waals surface area (Å²) >= 11 is 0. The molecule has 2 nitrogen and oxygen atoms in total. The maximum Gasteiger partial charge on any atom is 0.251 e. The number of carbonyl (C=O) groups excluding carboxylic acids is 1. The molecule has 1 aromatic rings. The summed E-state index contributed by atoms with van der Waals surface area (Å²) in [5.41, 5.74) is 0.420. The number of benzene rings is 1. The maximum absolute atomic E-state index is 13.3. The fourth-order valence-corrected chi connectivity index (χ4v) is 1.67. The second-order valence-electron chi connectivity index (χ2n) is 3.49. The first-order valence-corrected chi connectivity index (χ1v) is 4.36. The quantitative estimate of drug-likeness (QED) is 0.673. The highest BCUT2D eigenvalue weighted by Crippen LogP contribution is 2.21. The third-order valence-corrected chi connectivity index (χ3v) is 2.29. The molecular weight excluding hydrogens is 188 g/mol. The van der Waals surface area contributed by atoms with Gasteiger partial charge in [-0.3, -0.25) is 4.79 Å². The fourth-order valence-electron chi connectivity index (χ4n) is 1.67. The van der Waals surface area contributed by atoms with E-state index in [9.17, 15) is 13.6 Å². The van der Waals surface area contributed by atoms with Crippen molar-refractivity contribution in [1.82, 2.24) is 5.32 Å². The summed E-state index contributed by atoms with van der Waals surface area (Å²) in [6, 6.07) is 1.78. The molecule has 0 aliphatic carbocycles. The minimum absolute atomic E-state index is 0.102. The lowest BCUT2D eigenvalue weighted by Gasteiger charge is -2.22. The minimum Gasteiger partial charge on any atom is -0.349 e. The molecule has 0 saturated carbocycles. The molecule has 0 bridgehead atoms. The minimum atomic E-state index is -0.717. The Morgan fingerprint density at radius 1 is 1.43 bits per heavy atom. The molecule has 1 heterocycles. The summed E-state index contributed by atoms with van der Waals surface area (Å²) in [6.45, 7) is 1.78. The Hall–Kier alpha value is -1.45. The van der Waals surface area contributed by atoms with Gasteiger partial charge in [-0.15, -0.1) is 0 Å². The van der Waals surface area contributed by atoms with Crippen LogP contribution in [0.2, 0.25) is 0 Å². The summed E-state index contributed by atoms with van der Waals surface area (Å²) in [4.78, 5) is 11.4. The standard InChI is InChI=1S/C10H9F2NO/c1-5-2-7-8(10(14)13-5)3-6(11)4-9(7)12/h3-5H,2H2,1H3,(H,13,14). The van der Waals surface area contributed by atoms with Gasteiger partial charge < -0.3 is 5.32 Å². The third-order valence-electron chi connectivity index (χ3n) is 2.29. The number of halogens is 2. The van der Waals surface area contributed by atoms with Crippen molar-refractivity contribution in [2.75, 3.05) is 0 Å². The Bertz CT molecular complexity index is 403. The number of amides is 1. The van der Waals surface area contributed by atoms with Crippen molar-refractivity contribution in [1.29, 1.82) is 0 Å². The SMILES string of the molecule is CC1Cc2c(F)cc(F)cc2C(=O)N1. The van der Waals surface area contributed by atoms with E-state index in [4.69, 9.17) is 0 Å². The molecule has 1 aromatic carbocycles. The zero-order chi connectivity index (χ0) is 10.3. The van der Waals surface area contributed by atoms with Crippen LogP contribution in [-0.4, -0.2) is 11.9 Å². The van der Waals surface area contributed by atoms with Crippen LogP contribution in [0.25, 0.3) is 0 Å². The Labute approximate surface area is 79.9 Å². The highest BCUT2D eigenvalue weighted by Gasteiger charge is 2.24. The van der Waals surface area contributed by atoms with Gasteiger partial charge in [-0.1, -0.05) is 0 Å². The molecule has 0 saturated heterocycles. The van der Waals surface area contributed by atoms with Crippen LogP contribution >= 0.6 is 0 Å². The van der Waals surface area contributed by atoms with Gasteiger partial charge in [0.1, 0.15) is 11.6 Å². The summed E-state index contributed by atoms with van der Waals surface area (Å²) < 4.78 is 26.1. The molecule has 1 unspecified atom stereocenters. The van der Waals surface area contributed by atoms with Gasteiger partial charge in [0.15, 0.2) is 0 Å². The first kappa shape index (κ1) is 9.12. The van der Waals surface area contributed by atoms with Gasteiger partial charge in [-0.25, -0.2) is 8.78 Å².